The summed E-state index contributed by atoms with van der Waals surface area (Å²) in [5.74, 6) is 0.323. The second-order valence-corrected chi connectivity index (χ2v) is 15.2. The van der Waals surface area contributed by atoms with Crippen LogP contribution in [0.15, 0.2) is 37.9 Å². The van der Waals surface area contributed by atoms with Crippen LogP contribution in [0.4, 0.5) is 5.69 Å². The molecule has 0 fully saturated rings. The molecule has 0 amide bonds. The lowest BCUT2D eigenvalue weighted by atomic mass is 9.69. The summed E-state index contributed by atoms with van der Waals surface area (Å²) in [5.41, 5.74) is 8.06. The molecule has 4 heterocycles. The molecule has 0 aliphatic carbocycles. The van der Waals surface area contributed by atoms with E-state index in [4.69, 9.17) is 13.8 Å². The minimum atomic E-state index is -0.401. The van der Waals surface area contributed by atoms with Crippen LogP contribution in [0.2, 0.25) is 0 Å². The fourth-order valence-electron chi connectivity index (χ4n) is 6.45. The summed E-state index contributed by atoms with van der Waals surface area (Å²) in [4.78, 5) is 21.0. The maximum atomic E-state index is 13.6. The molecule has 4 aromatic rings. The summed E-state index contributed by atoms with van der Waals surface area (Å²) in [5, 5.41) is 0.942. The Hall–Kier alpha value is -3.08. The summed E-state index contributed by atoms with van der Waals surface area (Å²) in [6, 6.07) is 8.51. The van der Waals surface area contributed by atoms with E-state index in [2.05, 4.69) is 92.3 Å². The maximum Gasteiger partial charge on any atom is 0.349 e. The van der Waals surface area contributed by atoms with Gasteiger partial charge in [0.2, 0.25) is 5.89 Å². The van der Waals surface area contributed by atoms with Crippen LogP contribution in [-0.4, -0.2) is 18.1 Å². The summed E-state index contributed by atoms with van der Waals surface area (Å²) in [7, 11) is 0. The van der Waals surface area contributed by atoms with Crippen molar-refractivity contribution in [3.63, 3.8) is 0 Å². The average molecular weight is 527 g/mol. The van der Waals surface area contributed by atoms with Gasteiger partial charge in [-0.2, -0.15) is 0 Å². The Labute approximate surface area is 231 Å². The first kappa shape index (κ1) is 26.2. The predicted molar refractivity (Wildman–Crippen MR) is 160 cm³/mol. The van der Waals surface area contributed by atoms with E-state index in [9.17, 15) is 4.79 Å². The highest BCUT2D eigenvalue weighted by molar-refractivity contribution is 5.92. The van der Waals surface area contributed by atoms with E-state index >= 15 is 0 Å². The minimum absolute atomic E-state index is 0.0427. The van der Waals surface area contributed by atoms with Crippen molar-refractivity contribution >= 4 is 27.8 Å². The lowest BCUT2D eigenvalue weighted by Crippen LogP contribution is -2.44. The van der Waals surface area contributed by atoms with Gasteiger partial charge in [0, 0.05) is 29.7 Å². The van der Waals surface area contributed by atoms with Crippen LogP contribution in [0.5, 0.6) is 0 Å². The number of anilines is 1. The van der Waals surface area contributed by atoms with Gasteiger partial charge in [0.05, 0.1) is 0 Å². The molecular formula is C34H42N2O3. The zero-order valence-electron chi connectivity index (χ0n) is 25.3. The standard InChI is InChI=1S/C34H42N2O3/c1-31(2,3)20-17-22(32(4,5)6)26-24(18-20)38-29(35-26)21-15-19-16-23-27-25(28(19)39-30(21)37)34(9,10)12-14-36(27)13-11-33(23,7)8/h15-18H,11-14H2,1-10H3. The molecule has 0 bridgehead atoms. The van der Waals surface area contributed by atoms with Crippen molar-refractivity contribution in [2.75, 3.05) is 18.0 Å². The maximum absolute atomic E-state index is 13.6. The lowest BCUT2D eigenvalue weighted by molar-refractivity contribution is 0.398. The largest absolute Gasteiger partial charge is 0.436 e. The molecule has 2 aromatic carbocycles. The fourth-order valence-corrected chi connectivity index (χ4v) is 6.45. The average Bonchev–Trinajstić information content (AvgIpc) is 3.24. The number of oxazole rings is 1. The van der Waals surface area contributed by atoms with Crippen molar-refractivity contribution in [2.45, 2.75) is 104 Å². The molecule has 5 nitrogen and oxygen atoms in total. The monoisotopic (exact) mass is 526 g/mol. The van der Waals surface area contributed by atoms with Crippen LogP contribution in [0.3, 0.4) is 0 Å². The normalized spacial score (nSPS) is 18.6. The van der Waals surface area contributed by atoms with Gasteiger partial charge in [0.25, 0.3) is 0 Å². The summed E-state index contributed by atoms with van der Waals surface area (Å²) in [6.07, 6.45) is 2.13. The van der Waals surface area contributed by atoms with Gasteiger partial charge < -0.3 is 13.7 Å². The second kappa shape index (κ2) is 7.99. The third kappa shape index (κ3) is 4.03. The molecule has 5 heteroatoms. The van der Waals surface area contributed by atoms with Gasteiger partial charge in [0.15, 0.2) is 5.58 Å². The molecule has 0 spiro atoms. The molecule has 0 unspecified atom stereocenters. The van der Waals surface area contributed by atoms with E-state index < -0.39 is 5.63 Å². The smallest absolute Gasteiger partial charge is 0.349 e. The number of rotatable bonds is 1. The Morgan fingerprint density at radius 3 is 2.15 bits per heavy atom. The Balaban J connectivity index is 1.63. The zero-order valence-corrected chi connectivity index (χ0v) is 25.3. The molecule has 0 saturated carbocycles. The topological polar surface area (TPSA) is 59.5 Å². The van der Waals surface area contributed by atoms with Crippen LogP contribution in [-0.2, 0) is 21.7 Å². The number of fused-ring (bicyclic) bond motifs is 3. The number of benzene rings is 2. The van der Waals surface area contributed by atoms with Crippen molar-refractivity contribution in [3.8, 4) is 11.5 Å². The number of hydrogen-bond donors (Lipinski definition) is 0. The molecule has 6 rings (SSSR count). The van der Waals surface area contributed by atoms with E-state index in [1.165, 1.54) is 22.4 Å². The summed E-state index contributed by atoms with van der Waals surface area (Å²) in [6.45, 7) is 24.4. The molecule has 2 aliphatic rings. The van der Waals surface area contributed by atoms with Crippen molar-refractivity contribution in [1.29, 1.82) is 0 Å². The molecular weight excluding hydrogens is 484 g/mol. The van der Waals surface area contributed by atoms with Crippen LogP contribution >= 0.6 is 0 Å². The summed E-state index contributed by atoms with van der Waals surface area (Å²) < 4.78 is 12.6. The van der Waals surface area contributed by atoms with E-state index in [-0.39, 0.29) is 21.7 Å². The van der Waals surface area contributed by atoms with E-state index in [0.29, 0.717) is 22.6 Å². The third-order valence-electron chi connectivity index (χ3n) is 9.13. The second-order valence-electron chi connectivity index (χ2n) is 15.2. The van der Waals surface area contributed by atoms with E-state index in [1.54, 1.807) is 0 Å². The quantitative estimate of drug-likeness (QED) is 0.233. The Morgan fingerprint density at radius 2 is 1.51 bits per heavy atom. The van der Waals surface area contributed by atoms with Crippen molar-refractivity contribution < 1.29 is 8.83 Å². The highest BCUT2D eigenvalue weighted by atomic mass is 16.4. The molecule has 0 radical (unpaired) electrons. The number of nitrogens with zero attached hydrogens (tertiary/aromatic N) is 2. The highest BCUT2D eigenvalue weighted by Crippen LogP contribution is 2.52. The molecule has 0 N–H and O–H groups in total. The van der Waals surface area contributed by atoms with Gasteiger partial charge in [-0.15, -0.1) is 0 Å². The highest BCUT2D eigenvalue weighted by Gasteiger charge is 2.42. The first-order chi connectivity index (χ1) is 18.0. The lowest BCUT2D eigenvalue weighted by Gasteiger charge is -2.48. The van der Waals surface area contributed by atoms with Gasteiger partial charge in [0.1, 0.15) is 16.7 Å². The van der Waals surface area contributed by atoms with Crippen LogP contribution in [0, 0.1) is 0 Å². The van der Waals surface area contributed by atoms with Gasteiger partial charge in [-0.3, -0.25) is 0 Å². The SMILES string of the molecule is CC(C)(C)c1cc(C(C)(C)C)c2nc(-c3cc4cc5c6c(c4oc3=O)C(C)(C)CCN6CCC5(C)C)oc2c1. The molecule has 39 heavy (non-hydrogen) atoms. The Kier molecular flexibility index (Phi) is 5.36. The van der Waals surface area contributed by atoms with Gasteiger partial charge >= 0.3 is 5.63 Å². The third-order valence-corrected chi connectivity index (χ3v) is 9.13. The molecule has 2 aromatic heterocycles. The van der Waals surface area contributed by atoms with E-state index in [0.717, 1.165) is 42.4 Å². The fraction of sp³-hybridized carbons (Fsp3) is 0.529. The number of hydrogen-bond acceptors (Lipinski definition) is 5. The van der Waals surface area contributed by atoms with Crippen molar-refractivity contribution in [2.24, 2.45) is 0 Å². The molecule has 2 aliphatic heterocycles. The minimum Gasteiger partial charge on any atom is -0.436 e. The zero-order chi connectivity index (χ0) is 28.3. The number of aromatic nitrogens is 1. The van der Waals surface area contributed by atoms with Crippen LogP contribution < -0.4 is 10.5 Å². The van der Waals surface area contributed by atoms with Gasteiger partial charge in [-0.1, -0.05) is 75.3 Å². The molecule has 0 atom stereocenters. The predicted octanol–water partition coefficient (Wildman–Crippen LogP) is 8.37. The first-order valence-corrected chi connectivity index (χ1v) is 14.3. The Morgan fingerprint density at radius 1 is 0.846 bits per heavy atom. The van der Waals surface area contributed by atoms with Crippen LogP contribution in [0.1, 0.15) is 104 Å². The molecule has 206 valence electrons. The molecule has 0 saturated heterocycles. The first-order valence-electron chi connectivity index (χ1n) is 14.3. The van der Waals surface area contributed by atoms with E-state index in [1.807, 2.05) is 6.07 Å². The van der Waals surface area contributed by atoms with Gasteiger partial charge in [-0.25, -0.2) is 9.78 Å². The van der Waals surface area contributed by atoms with Crippen LogP contribution in [0.25, 0.3) is 33.5 Å². The van der Waals surface area contributed by atoms with Gasteiger partial charge in [-0.05, 0) is 69.4 Å². The van der Waals surface area contributed by atoms with Crippen molar-refractivity contribution in [3.05, 3.63) is 56.9 Å². The Bertz CT molecular complexity index is 1700. The van der Waals surface area contributed by atoms with Crippen molar-refractivity contribution in [1.82, 2.24) is 4.98 Å². The summed E-state index contributed by atoms with van der Waals surface area (Å²) >= 11 is 0.